The van der Waals surface area contributed by atoms with Crippen LogP contribution in [0.15, 0.2) is 41.1 Å². The van der Waals surface area contributed by atoms with Crippen molar-refractivity contribution in [3.8, 4) is 5.75 Å². The Kier molecular flexibility index (Phi) is 6.37. The summed E-state index contributed by atoms with van der Waals surface area (Å²) in [6, 6.07) is 6.87. The molecule has 0 fully saturated rings. The van der Waals surface area contributed by atoms with Crippen LogP contribution < -0.4 is 15.4 Å². The second kappa shape index (κ2) is 8.50. The van der Waals surface area contributed by atoms with Gasteiger partial charge in [0.15, 0.2) is 0 Å². The zero-order valence-corrected chi connectivity index (χ0v) is 13.5. The van der Waals surface area contributed by atoms with E-state index in [-0.39, 0.29) is 31.0 Å². The molecule has 0 aliphatic rings. The number of aliphatic hydroxyl groups excluding tert-OH is 1. The van der Waals surface area contributed by atoms with Gasteiger partial charge in [0, 0.05) is 6.54 Å². The highest BCUT2D eigenvalue weighted by molar-refractivity contribution is 7.07. The number of hydrogen-bond acceptors (Lipinski definition) is 4. The van der Waals surface area contributed by atoms with Crippen LogP contribution in [0, 0.1) is 5.82 Å². The molecule has 5 nitrogen and oxygen atoms in total. The van der Waals surface area contributed by atoms with E-state index in [9.17, 15) is 14.3 Å². The SMILES string of the molecule is C[C@@H](COc1ccc(F)cc1)NC(=O)NC[C@@H](O)c1ccsc1. The summed E-state index contributed by atoms with van der Waals surface area (Å²) in [5.74, 6) is 0.209. The minimum atomic E-state index is -0.724. The van der Waals surface area contributed by atoms with Crippen LogP contribution in [0.3, 0.4) is 0 Å². The van der Waals surface area contributed by atoms with Crippen LogP contribution in [0.5, 0.6) is 5.75 Å². The normalized spacial score (nSPS) is 13.2. The van der Waals surface area contributed by atoms with E-state index < -0.39 is 6.10 Å². The molecule has 0 saturated carbocycles. The number of carbonyl (C=O) groups excluding carboxylic acids is 1. The third kappa shape index (κ3) is 5.88. The Labute approximate surface area is 138 Å². The highest BCUT2D eigenvalue weighted by Crippen LogP contribution is 2.15. The van der Waals surface area contributed by atoms with Crippen molar-refractivity contribution in [2.45, 2.75) is 19.1 Å². The Morgan fingerprint density at radius 3 is 2.74 bits per heavy atom. The number of hydrogen-bond donors (Lipinski definition) is 3. The van der Waals surface area contributed by atoms with Crippen molar-refractivity contribution in [2.75, 3.05) is 13.2 Å². The molecule has 2 atom stereocenters. The predicted molar refractivity (Wildman–Crippen MR) is 87.2 cm³/mol. The number of rotatable bonds is 7. The van der Waals surface area contributed by atoms with E-state index in [2.05, 4.69) is 10.6 Å². The van der Waals surface area contributed by atoms with E-state index >= 15 is 0 Å². The van der Waals surface area contributed by atoms with E-state index in [4.69, 9.17) is 4.74 Å². The number of aliphatic hydroxyl groups is 1. The van der Waals surface area contributed by atoms with Gasteiger partial charge in [-0.1, -0.05) is 0 Å². The third-order valence-electron chi connectivity index (χ3n) is 3.08. The topological polar surface area (TPSA) is 70.6 Å². The quantitative estimate of drug-likeness (QED) is 0.727. The van der Waals surface area contributed by atoms with Crippen LogP contribution in [-0.4, -0.2) is 30.3 Å². The van der Waals surface area contributed by atoms with Crippen molar-refractivity contribution in [1.82, 2.24) is 10.6 Å². The summed E-state index contributed by atoms with van der Waals surface area (Å²) in [5, 5.41) is 18.9. The molecule has 0 aliphatic heterocycles. The molecule has 3 N–H and O–H groups in total. The Hall–Kier alpha value is -2.12. The van der Waals surface area contributed by atoms with Gasteiger partial charge in [0.05, 0.1) is 12.1 Å². The lowest BCUT2D eigenvalue weighted by Gasteiger charge is -2.16. The summed E-state index contributed by atoms with van der Waals surface area (Å²) in [5.41, 5.74) is 0.781. The fourth-order valence-corrected chi connectivity index (χ4v) is 2.55. The molecule has 0 saturated heterocycles. The highest BCUT2D eigenvalue weighted by atomic mass is 32.1. The minimum Gasteiger partial charge on any atom is -0.491 e. The Morgan fingerprint density at radius 1 is 1.35 bits per heavy atom. The van der Waals surface area contributed by atoms with Gasteiger partial charge in [-0.05, 0) is 53.6 Å². The van der Waals surface area contributed by atoms with Crippen LogP contribution in [0.4, 0.5) is 9.18 Å². The third-order valence-corrected chi connectivity index (χ3v) is 3.78. The smallest absolute Gasteiger partial charge is 0.315 e. The van der Waals surface area contributed by atoms with Crippen molar-refractivity contribution < 1.29 is 19.0 Å². The zero-order valence-electron chi connectivity index (χ0n) is 12.7. The number of halogens is 1. The van der Waals surface area contributed by atoms with E-state index in [1.807, 2.05) is 16.8 Å². The lowest BCUT2D eigenvalue weighted by Crippen LogP contribution is -2.44. The first-order valence-electron chi connectivity index (χ1n) is 7.17. The van der Waals surface area contributed by atoms with Gasteiger partial charge < -0.3 is 20.5 Å². The lowest BCUT2D eigenvalue weighted by molar-refractivity contribution is 0.172. The molecule has 1 aromatic heterocycles. The number of thiophene rings is 1. The summed E-state index contributed by atoms with van der Waals surface area (Å²) in [6.45, 7) is 2.18. The van der Waals surface area contributed by atoms with Crippen molar-refractivity contribution in [1.29, 1.82) is 0 Å². The first-order chi connectivity index (χ1) is 11.0. The van der Waals surface area contributed by atoms with Crippen molar-refractivity contribution in [2.24, 2.45) is 0 Å². The molecule has 7 heteroatoms. The van der Waals surface area contributed by atoms with E-state index in [1.165, 1.54) is 35.6 Å². The number of amides is 2. The van der Waals surface area contributed by atoms with E-state index in [0.717, 1.165) is 5.56 Å². The first kappa shape index (κ1) is 17.2. The molecular weight excluding hydrogens is 319 g/mol. The van der Waals surface area contributed by atoms with Gasteiger partial charge in [-0.15, -0.1) is 0 Å². The van der Waals surface area contributed by atoms with Gasteiger partial charge in [-0.25, -0.2) is 9.18 Å². The van der Waals surface area contributed by atoms with Crippen LogP contribution in [0.2, 0.25) is 0 Å². The zero-order chi connectivity index (χ0) is 16.7. The molecule has 2 amide bonds. The highest BCUT2D eigenvalue weighted by Gasteiger charge is 2.12. The molecule has 0 spiro atoms. The summed E-state index contributed by atoms with van der Waals surface area (Å²) in [7, 11) is 0. The molecule has 1 aromatic carbocycles. The number of urea groups is 1. The fourth-order valence-electron chi connectivity index (χ4n) is 1.84. The van der Waals surface area contributed by atoms with Gasteiger partial charge in [0.25, 0.3) is 0 Å². The largest absolute Gasteiger partial charge is 0.491 e. The Bertz CT molecular complexity index is 604. The number of nitrogens with one attached hydrogen (secondary N) is 2. The van der Waals surface area contributed by atoms with E-state index in [1.54, 1.807) is 6.92 Å². The maximum atomic E-state index is 12.8. The second-order valence-corrected chi connectivity index (χ2v) is 5.87. The number of benzene rings is 1. The molecule has 1 heterocycles. The summed E-state index contributed by atoms with van der Waals surface area (Å²) < 4.78 is 18.2. The number of carbonyl (C=O) groups is 1. The summed E-state index contributed by atoms with van der Waals surface area (Å²) in [4.78, 5) is 11.7. The van der Waals surface area contributed by atoms with Crippen molar-refractivity contribution in [3.63, 3.8) is 0 Å². The molecule has 2 aromatic rings. The molecule has 124 valence electrons. The summed E-state index contributed by atoms with van der Waals surface area (Å²) in [6.07, 6.45) is -0.724. The molecular formula is C16H19FN2O3S. The molecule has 0 unspecified atom stereocenters. The fraction of sp³-hybridized carbons (Fsp3) is 0.312. The average molecular weight is 338 g/mol. The maximum absolute atomic E-state index is 12.8. The number of ether oxygens (including phenoxy) is 1. The Balaban J connectivity index is 1.67. The van der Waals surface area contributed by atoms with Crippen LogP contribution in [-0.2, 0) is 0 Å². The maximum Gasteiger partial charge on any atom is 0.315 e. The standard InChI is InChI=1S/C16H19FN2O3S/c1-11(9-22-14-4-2-13(17)3-5-14)19-16(21)18-8-15(20)12-6-7-23-10-12/h2-7,10-11,15,20H,8-9H2,1H3,(H2,18,19,21)/t11-,15+/m0/s1. The van der Waals surface area contributed by atoms with Gasteiger partial charge in [0.2, 0.25) is 0 Å². The molecule has 23 heavy (non-hydrogen) atoms. The minimum absolute atomic E-state index is 0.133. The van der Waals surface area contributed by atoms with Gasteiger partial charge in [-0.3, -0.25) is 0 Å². The van der Waals surface area contributed by atoms with E-state index in [0.29, 0.717) is 5.75 Å². The van der Waals surface area contributed by atoms with Crippen molar-refractivity contribution >= 4 is 17.4 Å². The molecule has 2 rings (SSSR count). The molecule has 0 radical (unpaired) electrons. The van der Waals surface area contributed by atoms with Crippen LogP contribution in [0.25, 0.3) is 0 Å². The second-order valence-electron chi connectivity index (χ2n) is 5.09. The van der Waals surface area contributed by atoms with Gasteiger partial charge >= 0.3 is 6.03 Å². The lowest BCUT2D eigenvalue weighted by atomic mass is 10.2. The Morgan fingerprint density at radius 2 is 2.09 bits per heavy atom. The van der Waals surface area contributed by atoms with Crippen LogP contribution in [0.1, 0.15) is 18.6 Å². The monoisotopic (exact) mass is 338 g/mol. The first-order valence-corrected chi connectivity index (χ1v) is 8.12. The van der Waals surface area contributed by atoms with Gasteiger partial charge in [-0.2, -0.15) is 11.3 Å². The van der Waals surface area contributed by atoms with Crippen LogP contribution >= 0.6 is 11.3 Å². The van der Waals surface area contributed by atoms with Crippen molar-refractivity contribution in [3.05, 3.63) is 52.5 Å². The summed E-state index contributed by atoms with van der Waals surface area (Å²) >= 11 is 1.49. The molecule has 0 aliphatic carbocycles. The average Bonchev–Trinajstić information content (AvgIpc) is 3.06. The van der Waals surface area contributed by atoms with Gasteiger partial charge in [0.1, 0.15) is 18.2 Å². The molecule has 0 bridgehead atoms. The predicted octanol–water partition coefficient (Wildman–Crippen LogP) is 2.69.